The summed E-state index contributed by atoms with van der Waals surface area (Å²) in [5.74, 6) is 0.0146. The summed E-state index contributed by atoms with van der Waals surface area (Å²) in [6.45, 7) is 4.34. The Morgan fingerprint density at radius 2 is 2.11 bits per heavy atom. The Hall–Kier alpha value is -0.890. The average Bonchev–Trinajstić information content (AvgIpc) is 2.63. The maximum absolute atomic E-state index is 11.9. The third-order valence-electron chi connectivity index (χ3n) is 5.24. The van der Waals surface area contributed by atoms with Crippen molar-refractivity contribution in [2.45, 2.75) is 57.1 Å². The minimum Gasteiger partial charge on any atom is -0.389 e. The fourth-order valence-corrected chi connectivity index (χ4v) is 4.30. The van der Waals surface area contributed by atoms with Crippen LogP contribution in [0, 0.1) is 0 Å². The molecule has 6 nitrogen and oxygen atoms in total. The molecule has 0 spiro atoms. The van der Waals surface area contributed by atoms with Crippen LogP contribution in [-0.4, -0.2) is 66.6 Å². The summed E-state index contributed by atoms with van der Waals surface area (Å²) < 4.78 is 11.9. The number of aliphatic hydroxyl groups excluding tert-OH is 1. The van der Waals surface area contributed by atoms with E-state index >= 15 is 0 Å². The zero-order chi connectivity index (χ0) is 20.1. The number of aliphatic hydroxyl groups is 1. The van der Waals surface area contributed by atoms with E-state index in [1.165, 1.54) is 0 Å². The molecule has 1 amide bonds. The number of carbonyl (C=O) groups is 1. The van der Waals surface area contributed by atoms with Gasteiger partial charge < -0.3 is 19.9 Å². The Morgan fingerprint density at radius 3 is 2.86 bits per heavy atom. The van der Waals surface area contributed by atoms with Crippen LogP contribution in [0.15, 0.2) is 18.2 Å². The fraction of sp³-hybridized carbons (Fsp3) is 0.650. The molecule has 1 aromatic carbocycles. The van der Waals surface area contributed by atoms with Crippen molar-refractivity contribution >= 4 is 29.1 Å². The van der Waals surface area contributed by atoms with E-state index < -0.39 is 6.10 Å². The quantitative estimate of drug-likeness (QED) is 0.750. The normalized spacial score (nSPS) is 28.9. The van der Waals surface area contributed by atoms with Crippen molar-refractivity contribution < 1.29 is 19.4 Å². The number of β-amino-alcohol motifs (C(OH)–C–C–N with tert-alkyl or cyclic N) is 1. The first kappa shape index (κ1) is 21.8. The lowest BCUT2D eigenvalue weighted by atomic mass is 9.94. The summed E-state index contributed by atoms with van der Waals surface area (Å²) >= 11 is 12.2. The van der Waals surface area contributed by atoms with Crippen LogP contribution in [0.4, 0.5) is 0 Å². The van der Waals surface area contributed by atoms with Crippen LogP contribution >= 0.6 is 23.2 Å². The molecular weight excluding hydrogens is 403 g/mol. The van der Waals surface area contributed by atoms with Crippen LogP contribution < -0.4 is 5.32 Å². The lowest BCUT2D eigenvalue weighted by molar-refractivity contribution is -0.158. The number of amides is 1. The molecule has 1 aromatic rings. The molecule has 156 valence electrons. The highest BCUT2D eigenvalue weighted by molar-refractivity contribution is 6.42. The number of carbonyl (C=O) groups excluding carboxylic acids is 1. The van der Waals surface area contributed by atoms with Crippen LogP contribution in [0.25, 0.3) is 0 Å². The topological polar surface area (TPSA) is 71.0 Å². The van der Waals surface area contributed by atoms with Gasteiger partial charge in [-0.05, 0) is 37.5 Å². The highest BCUT2D eigenvalue weighted by Gasteiger charge is 2.38. The molecule has 2 fully saturated rings. The molecule has 2 aliphatic heterocycles. The molecule has 0 aliphatic carbocycles. The summed E-state index contributed by atoms with van der Waals surface area (Å²) in [6.07, 6.45) is 1.25. The Labute approximate surface area is 176 Å². The number of halogens is 2. The van der Waals surface area contributed by atoms with Gasteiger partial charge in [0, 0.05) is 25.7 Å². The standard InChI is InChI=1S/C20H28Cl2N2O4/c1-2-23-20(26)8-15-4-6-18-19(28-15)12-27-11-14(25)10-24(18)9-13-3-5-16(21)17(22)7-13/h3,5,7,14-15,18-19,25H,2,4,6,8-12H2,1H3,(H,23,26)/t14-,15-,18+,19-/m1/s1. The van der Waals surface area contributed by atoms with Crippen molar-refractivity contribution in [2.75, 3.05) is 26.3 Å². The van der Waals surface area contributed by atoms with Gasteiger partial charge in [-0.2, -0.15) is 0 Å². The van der Waals surface area contributed by atoms with Crippen LogP contribution in [0.2, 0.25) is 10.0 Å². The van der Waals surface area contributed by atoms with Gasteiger partial charge in [-0.15, -0.1) is 0 Å². The van der Waals surface area contributed by atoms with Gasteiger partial charge in [0.05, 0.1) is 48.0 Å². The van der Waals surface area contributed by atoms with E-state index in [9.17, 15) is 9.90 Å². The lowest BCUT2D eigenvalue weighted by Gasteiger charge is -2.44. The molecule has 0 saturated carbocycles. The number of hydrogen-bond acceptors (Lipinski definition) is 5. The number of hydrogen-bond donors (Lipinski definition) is 2. The minimum absolute atomic E-state index is 0.0146. The Kier molecular flexibility index (Phi) is 7.97. The lowest BCUT2D eigenvalue weighted by Crippen LogP contribution is -2.55. The van der Waals surface area contributed by atoms with Gasteiger partial charge in [0.1, 0.15) is 0 Å². The van der Waals surface area contributed by atoms with Gasteiger partial charge in [-0.3, -0.25) is 9.69 Å². The van der Waals surface area contributed by atoms with Crippen molar-refractivity contribution in [3.63, 3.8) is 0 Å². The Morgan fingerprint density at radius 1 is 1.29 bits per heavy atom. The van der Waals surface area contributed by atoms with Crippen LogP contribution in [-0.2, 0) is 20.8 Å². The van der Waals surface area contributed by atoms with Crippen molar-refractivity contribution in [3.8, 4) is 0 Å². The van der Waals surface area contributed by atoms with Crippen LogP contribution in [0.5, 0.6) is 0 Å². The third-order valence-corrected chi connectivity index (χ3v) is 5.98. The zero-order valence-corrected chi connectivity index (χ0v) is 17.6. The predicted molar refractivity (Wildman–Crippen MR) is 109 cm³/mol. The second-order valence-electron chi connectivity index (χ2n) is 7.47. The maximum Gasteiger partial charge on any atom is 0.222 e. The van der Waals surface area contributed by atoms with Gasteiger partial charge in [-0.25, -0.2) is 0 Å². The molecule has 0 unspecified atom stereocenters. The Balaban J connectivity index is 1.70. The maximum atomic E-state index is 11.9. The van der Waals surface area contributed by atoms with Gasteiger partial charge in [0.25, 0.3) is 0 Å². The molecule has 0 radical (unpaired) electrons. The number of nitrogens with zero attached hydrogens (tertiary/aromatic N) is 1. The molecule has 8 heteroatoms. The monoisotopic (exact) mass is 430 g/mol. The Bertz CT molecular complexity index is 676. The van der Waals surface area contributed by atoms with Crippen LogP contribution in [0.3, 0.4) is 0 Å². The summed E-state index contributed by atoms with van der Waals surface area (Å²) in [5, 5.41) is 14.1. The largest absolute Gasteiger partial charge is 0.389 e. The second kappa shape index (κ2) is 10.2. The summed E-state index contributed by atoms with van der Waals surface area (Å²) in [5.41, 5.74) is 1.03. The zero-order valence-electron chi connectivity index (χ0n) is 16.1. The highest BCUT2D eigenvalue weighted by atomic mass is 35.5. The molecule has 3 rings (SSSR count). The first-order valence-corrected chi connectivity index (χ1v) is 10.6. The van der Waals surface area contributed by atoms with E-state index in [-0.39, 0.29) is 30.8 Å². The molecule has 4 atom stereocenters. The molecule has 2 saturated heterocycles. The van der Waals surface area contributed by atoms with Crippen molar-refractivity contribution in [2.24, 2.45) is 0 Å². The SMILES string of the molecule is CCNC(=O)C[C@H]1CC[C@H]2[C@@H](COC[C@H](O)CN2Cc2ccc(Cl)c(Cl)c2)O1. The molecule has 0 aromatic heterocycles. The average molecular weight is 431 g/mol. The second-order valence-corrected chi connectivity index (χ2v) is 8.28. The van der Waals surface area contributed by atoms with E-state index in [1.54, 1.807) is 6.07 Å². The first-order valence-electron chi connectivity index (χ1n) is 9.82. The molecular formula is C20H28Cl2N2O4. The van der Waals surface area contributed by atoms with Gasteiger partial charge in [-0.1, -0.05) is 29.3 Å². The number of rotatable bonds is 5. The highest BCUT2D eigenvalue weighted by Crippen LogP contribution is 2.30. The van der Waals surface area contributed by atoms with E-state index in [1.807, 2.05) is 19.1 Å². The molecule has 2 aliphatic rings. The summed E-state index contributed by atoms with van der Waals surface area (Å²) in [4.78, 5) is 14.1. The van der Waals surface area contributed by atoms with E-state index in [0.717, 1.165) is 18.4 Å². The summed E-state index contributed by atoms with van der Waals surface area (Å²) in [7, 11) is 0. The number of nitrogens with one attached hydrogen (secondary N) is 1. The van der Waals surface area contributed by atoms with Gasteiger partial charge in [0.2, 0.25) is 5.91 Å². The number of ether oxygens (including phenoxy) is 2. The first-order chi connectivity index (χ1) is 13.5. The van der Waals surface area contributed by atoms with Crippen molar-refractivity contribution in [3.05, 3.63) is 33.8 Å². The molecule has 0 bridgehead atoms. The van der Waals surface area contributed by atoms with Gasteiger partial charge >= 0.3 is 0 Å². The fourth-order valence-electron chi connectivity index (χ4n) is 3.98. The third kappa shape index (κ3) is 5.81. The van der Waals surface area contributed by atoms with Gasteiger partial charge in [0.15, 0.2) is 0 Å². The number of fused-ring (bicyclic) bond motifs is 1. The molecule has 28 heavy (non-hydrogen) atoms. The summed E-state index contributed by atoms with van der Waals surface area (Å²) in [6, 6.07) is 5.71. The van der Waals surface area contributed by atoms with Crippen molar-refractivity contribution in [1.82, 2.24) is 10.2 Å². The number of benzene rings is 1. The smallest absolute Gasteiger partial charge is 0.222 e. The van der Waals surface area contributed by atoms with E-state index in [4.69, 9.17) is 32.7 Å². The minimum atomic E-state index is -0.559. The van der Waals surface area contributed by atoms with Crippen LogP contribution in [0.1, 0.15) is 31.7 Å². The van der Waals surface area contributed by atoms with E-state index in [0.29, 0.717) is 42.7 Å². The predicted octanol–water partition coefficient (Wildman–Crippen LogP) is 2.63. The van der Waals surface area contributed by atoms with E-state index in [2.05, 4.69) is 10.2 Å². The van der Waals surface area contributed by atoms with Crippen molar-refractivity contribution in [1.29, 1.82) is 0 Å². The molecule has 2 heterocycles. The molecule has 2 N–H and O–H groups in total.